The minimum absolute atomic E-state index is 0.155. The highest BCUT2D eigenvalue weighted by atomic mass is 35.5. The Morgan fingerprint density at radius 2 is 2.14 bits per heavy atom. The predicted molar refractivity (Wildman–Crippen MR) is 96.9 cm³/mol. The number of rotatable bonds is 4. The molecule has 0 unspecified atom stereocenters. The number of hydrogen-bond acceptors (Lipinski definition) is 5. The molecule has 2 N–H and O–H groups in total. The zero-order valence-corrected chi connectivity index (χ0v) is 15.4. The van der Waals surface area contributed by atoms with Crippen molar-refractivity contribution in [1.82, 2.24) is 25.3 Å². The highest BCUT2D eigenvalue weighted by Gasteiger charge is 2.38. The van der Waals surface area contributed by atoms with Gasteiger partial charge in [0.2, 0.25) is 5.91 Å². The number of halogens is 5. The van der Waals surface area contributed by atoms with Crippen LogP contribution in [0.2, 0.25) is 5.02 Å². The van der Waals surface area contributed by atoms with Crippen molar-refractivity contribution in [3.63, 3.8) is 0 Å². The van der Waals surface area contributed by atoms with Crippen molar-refractivity contribution in [2.75, 3.05) is 18.0 Å². The molecular weight excluding hydrogens is 416 g/mol. The zero-order valence-electron chi connectivity index (χ0n) is 14.6. The first kappa shape index (κ1) is 19.4. The fourth-order valence-electron chi connectivity index (χ4n) is 3.07. The zero-order chi connectivity index (χ0) is 20.8. The van der Waals surface area contributed by atoms with E-state index in [1.165, 1.54) is 11.1 Å². The quantitative estimate of drug-likeness (QED) is 0.624. The van der Waals surface area contributed by atoms with Crippen molar-refractivity contribution in [3.05, 3.63) is 35.5 Å². The van der Waals surface area contributed by atoms with Crippen LogP contribution in [0.15, 0.2) is 24.7 Å². The van der Waals surface area contributed by atoms with Crippen molar-refractivity contribution in [3.8, 4) is 11.4 Å². The van der Waals surface area contributed by atoms with Crippen LogP contribution in [0.25, 0.3) is 22.4 Å². The maximum atomic E-state index is 14.4. The Balaban J connectivity index is 1.62. The van der Waals surface area contributed by atoms with Crippen LogP contribution in [0.5, 0.6) is 0 Å². The van der Waals surface area contributed by atoms with Gasteiger partial charge in [0.05, 0.1) is 11.2 Å². The number of pyridine rings is 1. The highest BCUT2D eigenvalue weighted by molar-refractivity contribution is 6.31. The molecule has 1 atom stereocenters. The summed E-state index contributed by atoms with van der Waals surface area (Å²) in [6, 6.07) is 0.716. The van der Waals surface area contributed by atoms with Crippen LogP contribution in [0, 0.1) is 5.82 Å². The van der Waals surface area contributed by atoms with Gasteiger partial charge in [-0.1, -0.05) is 11.6 Å². The number of H-pyrrole nitrogens is 1. The first-order valence-electron chi connectivity index (χ1n) is 8.49. The number of carbonyl (C=O) groups excluding carboxylic acids is 1. The average Bonchev–Trinajstić information content (AvgIpc) is 3.03. The highest BCUT2D eigenvalue weighted by Crippen LogP contribution is 2.32. The molecule has 29 heavy (non-hydrogen) atoms. The number of nitrogens with zero attached hydrogens (tertiary/aromatic N) is 4. The van der Waals surface area contributed by atoms with E-state index < -0.39 is 30.5 Å². The first-order chi connectivity index (χ1) is 13.7. The second-order valence-electron chi connectivity index (χ2n) is 6.45. The molecule has 1 amide bonds. The van der Waals surface area contributed by atoms with E-state index in [0.29, 0.717) is 21.6 Å². The summed E-state index contributed by atoms with van der Waals surface area (Å²) in [6.07, 6.45) is -0.227. The van der Waals surface area contributed by atoms with Crippen LogP contribution >= 0.6 is 11.6 Å². The van der Waals surface area contributed by atoms with Gasteiger partial charge in [-0.25, -0.2) is 19.3 Å². The van der Waals surface area contributed by atoms with E-state index in [-0.39, 0.29) is 24.6 Å². The second kappa shape index (κ2) is 7.14. The molecule has 3 aromatic heterocycles. The van der Waals surface area contributed by atoms with Gasteiger partial charge in [0, 0.05) is 29.9 Å². The topological polar surface area (TPSA) is 86.8 Å². The van der Waals surface area contributed by atoms with E-state index in [4.69, 9.17) is 11.6 Å². The lowest BCUT2D eigenvalue weighted by Crippen LogP contribution is -2.57. The first-order valence-corrected chi connectivity index (χ1v) is 8.87. The summed E-state index contributed by atoms with van der Waals surface area (Å²) in [7, 11) is 0. The van der Waals surface area contributed by atoms with Crippen molar-refractivity contribution in [2.24, 2.45) is 0 Å². The van der Waals surface area contributed by atoms with Crippen LogP contribution in [0.4, 0.5) is 23.4 Å². The molecule has 0 aromatic carbocycles. The number of nitrogens with one attached hydrogen (secondary N) is 2. The maximum Gasteiger partial charge on any atom is 0.405 e. The minimum atomic E-state index is -4.53. The summed E-state index contributed by atoms with van der Waals surface area (Å²) < 4.78 is 51.3. The molecule has 0 bridgehead atoms. The number of aromatic nitrogens is 4. The molecular formula is C17H13ClF4N6O. The maximum absolute atomic E-state index is 14.4. The summed E-state index contributed by atoms with van der Waals surface area (Å²) in [6.45, 7) is -1.17. The number of fused-ring (bicyclic) bond motifs is 1. The summed E-state index contributed by atoms with van der Waals surface area (Å²) in [5.74, 6) is -1.61. The summed E-state index contributed by atoms with van der Waals surface area (Å²) in [5, 5.41) is 2.83. The molecule has 3 aromatic rings. The summed E-state index contributed by atoms with van der Waals surface area (Å²) in [5.41, 5.74) is 1.06. The molecule has 4 heterocycles. The molecule has 1 aliphatic heterocycles. The Bertz CT molecular complexity index is 1090. The van der Waals surface area contributed by atoms with E-state index in [0.717, 1.165) is 6.20 Å². The molecule has 152 valence electrons. The largest absolute Gasteiger partial charge is 0.405 e. The van der Waals surface area contributed by atoms with Crippen LogP contribution in [0.1, 0.15) is 6.42 Å². The third-order valence-electron chi connectivity index (χ3n) is 4.52. The van der Waals surface area contributed by atoms with Crippen LogP contribution < -0.4 is 10.2 Å². The fourth-order valence-corrected chi connectivity index (χ4v) is 3.23. The van der Waals surface area contributed by atoms with Gasteiger partial charge in [-0.15, -0.1) is 0 Å². The predicted octanol–water partition coefficient (Wildman–Crippen LogP) is 3.07. The molecule has 0 spiro atoms. The molecule has 1 aliphatic rings. The van der Waals surface area contributed by atoms with E-state index in [2.05, 4.69) is 19.9 Å². The summed E-state index contributed by atoms with van der Waals surface area (Å²) in [4.78, 5) is 28.6. The normalized spacial score (nSPS) is 16.7. The standard InChI is InChI=1S/C17H13ClF4N6O/c18-8-3-9-10(5-24-13(9)23-4-8)14-25-6-11(19)15(27-14)28-2-1-12(28)16(29)26-7-17(20,21)22/h3-6,12H,1-2,7H2,(H,23,24)(H,26,29)/t12-/m0/s1. The number of amides is 1. The van der Waals surface area contributed by atoms with Gasteiger partial charge < -0.3 is 15.2 Å². The van der Waals surface area contributed by atoms with Gasteiger partial charge in [0.25, 0.3) is 0 Å². The number of alkyl halides is 3. The van der Waals surface area contributed by atoms with Gasteiger partial charge in [-0.2, -0.15) is 13.2 Å². The van der Waals surface area contributed by atoms with Gasteiger partial charge in [-0.3, -0.25) is 4.79 Å². The second-order valence-corrected chi connectivity index (χ2v) is 6.88. The Morgan fingerprint density at radius 3 is 2.83 bits per heavy atom. The number of hydrogen-bond donors (Lipinski definition) is 2. The van der Waals surface area contributed by atoms with Crippen LogP contribution in [-0.2, 0) is 4.79 Å². The Kier molecular flexibility index (Phi) is 4.77. The van der Waals surface area contributed by atoms with E-state index in [1.807, 2.05) is 5.32 Å². The molecule has 0 radical (unpaired) electrons. The lowest BCUT2D eigenvalue weighted by Gasteiger charge is -2.40. The van der Waals surface area contributed by atoms with Gasteiger partial charge in [0.15, 0.2) is 17.5 Å². The van der Waals surface area contributed by atoms with E-state index in [9.17, 15) is 22.4 Å². The molecule has 0 aliphatic carbocycles. The summed E-state index contributed by atoms with van der Waals surface area (Å²) >= 11 is 5.98. The molecule has 1 saturated heterocycles. The van der Waals surface area contributed by atoms with Gasteiger partial charge in [-0.05, 0) is 12.5 Å². The van der Waals surface area contributed by atoms with Crippen molar-refractivity contribution in [1.29, 1.82) is 0 Å². The SMILES string of the molecule is O=C(NCC(F)(F)F)[C@@H]1CCN1c1nc(-c2c[nH]c3ncc(Cl)cc23)ncc1F. The molecule has 7 nitrogen and oxygen atoms in total. The lowest BCUT2D eigenvalue weighted by atomic mass is 10.0. The van der Waals surface area contributed by atoms with E-state index >= 15 is 0 Å². The minimum Gasteiger partial charge on any atom is -0.345 e. The number of carbonyl (C=O) groups is 1. The molecule has 0 saturated carbocycles. The monoisotopic (exact) mass is 428 g/mol. The number of anilines is 1. The lowest BCUT2D eigenvalue weighted by molar-refractivity contribution is -0.139. The van der Waals surface area contributed by atoms with Crippen molar-refractivity contribution in [2.45, 2.75) is 18.6 Å². The Hall–Kier alpha value is -2.95. The third-order valence-corrected chi connectivity index (χ3v) is 4.73. The molecule has 12 heteroatoms. The smallest absolute Gasteiger partial charge is 0.345 e. The van der Waals surface area contributed by atoms with Gasteiger partial charge >= 0.3 is 6.18 Å². The average molecular weight is 429 g/mol. The van der Waals surface area contributed by atoms with Gasteiger partial charge in [0.1, 0.15) is 18.2 Å². The van der Waals surface area contributed by atoms with Crippen LogP contribution in [-0.4, -0.2) is 51.2 Å². The van der Waals surface area contributed by atoms with Crippen LogP contribution in [0.3, 0.4) is 0 Å². The molecule has 4 rings (SSSR count). The Morgan fingerprint density at radius 1 is 1.34 bits per heavy atom. The van der Waals surface area contributed by atoms with E-state index in [1.54, 1.807) is 12.3 Å². The van der Waals surface area contributed by atoms with Crippen molar-refractivity contribution < 1.29 is 22.4 Å². The fraction of sp³-hybridized carbons (Fsp3) is 0.294. The number of aromatic amines is 1. The Labute approximate surface area is 166 Å². The van der Waals surface area contributed by atoms with Crippen molar-refractivity contribution >= 4 is 34.4 Å². The third kappa shape index (κ3) is 3.82. The molecule has 1 fully saturated rings.